The number of hydrogen-bond acceptors (Lipinski definition) is 5. The number of halogens is 3. The van der Waals surface area contributed by atoms with Gasteiger partial charge in [-0.05, 0) is 46.6 Å². The molecule has 0 saturated carbocycles. The van der Waals surface area contributed by atoms with Gasteiger partial charge in [0.2, 0.25) is 0 Å². The van der Waals surface area contributed by atoms with Crippen LogP contribution in [-0.2, 0) is 4.74 Å². The van der Waals surface area contributed by atoms with Crippen LogP contribution < -0.4 is 4.90 Å². The molecule has 4 rings (SSSR count). The molecule has 0 aliphatic carbocycles. The maximum atomic E-state index is 14.2. The van der Waals surface area contributed by atoms with Crippen molar-refractivity contribution in [3.63, 3.8) is 0 Å². The van der Waals surface area contributed by atoms with Gasteiger partial charge in [0.05, 0.1) is 23.5 Å². The van der Waals surface area contributed by atoms with Crippen LogP contribution in [0.5, 0.6) is 0 Å². The molecule has 1 aliphatic rings. The third-order valence-electron chi connectivity index (χ3n) is 4.90. The van der Waals surface area contributed by atoms with Crippen molar-refractivity contribution in [2.75, 3.05) is 44.3 Å². The van der Waals surface area contributed by atoms with E-state index in [0.717, 1.165) is 48.4 Å². The molecule has 3 aromatic rings. The molecule has 2 heterocycles. The summed E-state index contributed by atoms with van der Waals surface area (Å²) in [5.74, 6) is -0.509. The number of para-hydroxylation sites is 1. The number of aromatic nitrogens is 1. The Hall–Kier alpha value is -1.58. The summed E-state index contributed by atoms with van der Waals surface area (Å²) in [5.41, 5.74) is 0.879. The second kappa shape index (κ2) is 10.6. The van der Waals surface area contributed by atoms with Gasteiger partial charge in [0.25, 0.3) is 5.91 Å². The Balaban J connectivity index is 0.00000256. The third kappa shape index (κ3) is 5.18. The van der Waals surface area contributed by atoms with Gasteiger partial charge in [-0.1, -0.05) is 29.5 Å². The predicted octanol–water partition coefficient (Wildman–Crippen LogP) is 4.99. The highest BCUT2D eigenvalue weighted by Crippen LogP contribution is 2.32. The lowest BCUT2D eigenvalue weighted by Gasteiger charge is -2.27. The van der Waals surface area contributed by atoms with E-state index in [1.54, 1.807) is 17.0 Å². The first-order valence-corrected chi connectivity index (χ1v) is 11.2. The SMILES string of the molecule is Cl.O=C(c1ccccc1Br)N(CCCN1CCOCC1)c1nc2c(F)cccc2s1. The molecule has 160 valence electrons. The van der Waals surface area contributed by atoms with E-state index in [2.05, 4.69) is 25.8 Å². The third-order valence-corrected chi connectivity index (χ3v) is 6.63. The first-order chi connectivity index (χ1) is 14.1. The number of fused-ring (bicyclic) bond motifs is 1. The molecule has 0 spiro atoms. The highest BCUT2D eigenvalue weighted by molar-refractivity contribution is 9.10. The largest absolute Gasteiger partial charge is 0.379 e. The number of thiazole rings is 1. The van der Waals surface area contributed by atoms with E-state index in [-0.39, 0.29) is 24.1 Å². The summed E-state index contributed by atoms with van der Waals surface area (Å²) < 4.78 is 21.0. The number of carbonyl (C=O) groups is 1. The van der Waals surface area contributed by atoms with Crippen molar-refractivity contribution in [1.29, 1.82) is 0 Å². The number of anilines is 1. The molecular weight excluding hydrogens is 493 g/mol. The summed E-state index contributed by atoms with van der Waals surface area (Å²) in [4.78, 5) is 21.8. The second-order valence-corrected chi connectivity index (χ2v) is 8.69. The van der Waals surface area contributed by atoms with Crippen molar-refractivity contribution in [3.05, 3.63) is 58.3 Å². The molecule has 2 aromatic carbocycles. The van der Waals surface area contributed by atoms with Crippen molar-refractivity contribution < 1.29 is 13.9 Å². The average molecular weight is 515 g/mol. The molecule has 1 saturated heterocycles. The molecule has 1 fully saturated rings. The van der Waals surface area contributed by atoms with Gasteiger partial charge in [0.15, 0.2) is 5.13 Å². The van der Waals surface area contributed by atoms with Crippen LogP contribution in [0.15, 0.2) is 46.9 Å². The van der Waals surface area contributed by atoms with E-state index in [4.69, 9.17) is 4.74 Å². The number of benzene rings is 2. The summed E-state index contributed by atoms with van der Waals surface area (Å²) >= 11 is 4.81. The van der Waals surface area contributed by atoms with E-state index >= 15 is 0 Å². The van der Waals surface area contributed by atoms with Crippen LogP contribution >= 0.6 is 39.7 Å². The fraction of sp³-hybridized carbons (Fsp3) is 0.333. The minimum absolute atomic E-state index is 0. The molecule has 30 heavy (non-hydrogen) atoms. The highest BCUT2D eigenvalue weighted by atomic mass is 79.9. The number of hydrogen-bond donors (Lipinski definition) is 0. The Kier molecular flexibility index (Phi) is 8.19. The Morgan fingerprint density at radius 3 is 2.70 bits per heavy atom. The van der Waals surface area contributed by atoms with E-state index < -0.39 is 0 Å². The number of nitrogens with zero attached hydrogens (tertiary/aromatic N) is 3. The van der Waals surface area contributed by atoms with Crippen LogP contribution in [0.25, 0.3) is 10.2 Å². The molecule has 5 nitrogen and oxygen atoms in total. The standard InChI is InChI=1S/C21H21BrFN3O2S.ClH/c22-16-6-2-1-5-15(16)20(27)26(10-4-9-25-11-13-28-14-12-25)21-24-19-17(23)7-3-8-18(19)29-21;/h1-3,5-8H,4,9-14H2;1H. The first kappa shape index (κ1) is 23.1. The second-order valence-electron chi connectivity index (χ2n) is 6.83. The van der Waals surface area contributed by atoms with Crippen LogP contribution in [0, 0.1) is 5.82 Å². The van der Waals surface area contributed by atoms with Crippen LogP contribution in [0.4, 0.5) is 9.52 Å². The van der Waals surface area contributed by atoms with Gasteiger partial charge >= 0.3 is 0 Å². The maximum Gasteiger partial charge on any atom is 0.261 e. The zero-order valence-electron chi connectivity index (χ0n) is 16.2. The number of ether oxygens (including phenoxy) is 1. The van der Waals surface area contributed by atoms with Gasteiger partial charge in [-0.3, -0.25) is 14.6 Å². The van der Waals surface area contributed by atoms with Crippen LogP contribution in [0.3, 0.4) is 0 Å². The normalized spacial score (nSPS) is 14.5. The van der Waals surface area contributed by atoms with Crippen molar-refractivity contribution in [3.8, 4) is 0 Å². The van der Waals surface area contributed by atoms with Crippen LogP contribution in [0.1, 0.15) is 16.8 Å². The zero-order chi connectivity index (χ0) is 20.2. The van der Waals surface area contributed by atoms with Gasteiger partial charge in [0.1, 0.15) is 11.3 Å². The lowest BCUT2D eigenvalue weighted by atomic mass is 10.2. The van der Waals surface area contributed by atoms with Crippen molar-refractivity contribution in [1.82, 2.24) is 9.88 Å². The molecular formula is C21H22BrClFN3O2S. The predicted molar refractivity (Wildman–Crippen MR) is 125 cm³/mol. The summed E-state index contributed by atoms with van der Waals surface area (Å²) in [5, 5.41) is 0.521. The lowest BCUT2D eigenvalue weighted by molar-refractivity contribution is 0.0376. The number of morpholine rings is 1. The summed E-state index contributed by atoms with van der Waals surface area (Å²) in [6.45, 7) is 4.70. The average Bonchev–Trinajstić information content (AvgIpc) is 3.17. The lowest BCUT2D eigenvalue weighted by Crippen LogP contribution is -2.39. The smallest absolute Gasteiger partial charge is 0.261 e. The molecule has 0 N–H and O–H groups in total. The van der Waals surface area contributed by atoms with Gasteiger partial charge in [-0.25, -0.2) is 9.37 Å². The molecule has 9 heteroatoms. The molecule has 1 amide bonds. The Morgan fingerprint density at radius 2 is 1.97 bits per heavy atom. The van der Waals surface area contributed by atoms with Gasteiger partial charge in [-0.15, -0.1) is 12.4 Å². The molecule has 1 aromatic heterocycles. The number of amides is 1. The van der Waals surface area contributed by atoms with E-state index in [1.165, 1.54) is 17.4 Å². The summed E-state index contributed by atoms with van der Waals surface area (Å²) in [6, 6.07) is 12.2. The molecule has 0 radical (unpaired) electrons. The monoisotopic (exact) mass is 513 g/mol. The van der Waals surface area contributed by atoms with E-state index in [9.17, 15) is 9.18 Å². The van der Waals surface area contributed by atoms with Crippen LogP contribution in [-0.4, -0.2) is 55.2 Å². The first-order valence-electron chi connectivity index (χ1n) is 9.55. The van der Waals surface area contributed by atoms with Gasteiger partial charge in [-0.2, -0.15) is 0 Å². The minimum Gasteiger partial charge on any atom is -0.379 e. The Morgan fingerprint density at radius 1 is 1.20 bits per heavy atom. The maximum absolute atomic E-state index is 14.2. The Labute approximate surface area is 193 Å². The van der Waals surface area contributed by atoms with Gasteiger partial charge in [0, 0.05) is 30.7 Å². The summed E-state index contributed by atoms with van der Waals surface area (Å²) in [7, 11) is 0. The molecule has 0 unspecified atom stereocenters. The molecule has 0 atom stereocenters. The van der Waals surface area contributed by atoms with Crippen molar-refractivity contribution in [2.45, 2.75) is 6.42 Å². The van der Waals surface area contributed by atoms with Crippen molar-refractivity contribution in [2.24, 2.45) is 0 Å². The van der Waals surface area contributed by atoms with E-state index in [1.807, 2.05) is 24.3 Å². The molecule has 1 aliphatic heterocycles. The van der Waals surface area contributed by atoms with Gasteiger partial charge < -0.3 is 4.74 Å². The topological polar surface area (TPSA) is 45.7 Å². The molecule has 0 bridgehead atoms. The fourth-order valence-electron chi connectivity index (χ4n) is 3.36. The van der Waals surface area contributed by atoms with Crippen molar-refractivity contribution >= 4 is 60.9 Å². The fourth-order valence-corrected chi connectivity index (χ4v) is 4.82. The van der Waals surface area contributed by atoms with E-state index in [0.29, 0.717) is 22.8 Å². The number of rotatable bonds is 6. The zero-order valence-corrected chi connectivity index (χ0v) is 19.4. The number of carbonyl (C=O) groups excluding carboxylic acids is 1. The quantitative estimate of drug-likeness (QED) is 0.465. The summed E-state index contributed by atoms with van der Waals surface area (Å²) in [6.07, 6.45) is 0.800. The van der Waals surface area contributed by atoms with Crippen LogP contribution in [0.2, 0.25) is 0 Å². The minimum atomic E-state index is -0.369. The Bertz CT molecular complexity index is 1010. The highest BCUT2D eigenvalue weighted by Gasteiger charge is 2.23.